The molecule has 0 saturated heterocycles. The minimum atomic E-state index is -4.30. The molecule has 0 bridgehead atoms. The predicted molar refractivity (Wildman–Crippen MR) is 75.6 cm³/mol. The summed E-state index contributed by atoms with van der Waals surface area (Å²) < 4.78 is 38.1. The zero-order valence-corrected chi connectivity index (χ0v) is 12.8. The maximum atomic E-state index is 12.6. The van der Waals surface area contributed by atoms with Gasteiger partial charge in [0.05, 0.1) is 11.3 Å². The fraction of sp³-hybridized carbons (Fsp3) is 0.538. The van der Waals surface area contributed by atoms with Crippen LogP contribution in [0, 0.1) is 0 Å². The average Bonchev–Trinajstić information content (AvgIpc) is 2.26. The highest BCUT2D eigenvalue weighted by atomic mass is 79.9. The lowest BCUT2D eigenvalue weighted by atomic mass is 10.2. The van der Waals surface area contributed by atoms with Gasteiger partial charge in [-0.15, -0.1) is 0 Å². The van der Waals surface area contributed by atoms with Crippen molar-refractivity contribution in [2.75, 3.05) is 39.1 Å². The van der Waals surface area contributed by atoms with E-state index in [1.807, 2.05) is 26.0 Å². The molecule has 0 unspecified atom stereocenters. The Hall–Kier alpha value is -0.750. The third-order valence-corrected chi connectivity index (χ3v) is 3.42. The van der Waals surface area contributed by atoms with E-state index in [4.69, 9.17) is 0 Å². The fourth-order valence-electron chi connectivity index (χ4n) is 1.74. The van der Waals surface area contributed by atoms with Crippen LogP contribution in [0.3, 0.4) is 0 Å². The molecule has 2 nitrogen and oxygen atoms in total. The van der Waals surface area contributed by atoms with E-state index in [2.05, 4.69) is 20.8 Å². The van der Waals surface area contributed by atoms with Gasteiger partial charge in [0.1, 0.15) is 0 Å². The first-order valence-electron chi connectivity index (χ1n) is 5.94. The Bertz CT molecular complexity index is 419. The second-order valence-corrected chi connectivity index (χ2v) is 5.60. The van der Waals surface area contributed by atoms with E-state index in [0.717, 1.165) is 37.3 Å². The molecule has 19 heavy (non-hydrogen) atoms. The molecule has 1 rings (SSSR count). The van der Waals surface area contributed by atoms with Gasteiger partial charge in [0, 0.05) is 18.1 Å². The van der Waals surface area contributed by atoms with Crippen LogP contribution in [0.5, 0.6) is 0 Å². The van der Waals surface area contributed by atoms with Crippen molar-refractivity contribution in [1.29, 1.82) is 0 Å². The highest BCUT2D eigenvalue weighted by Gasteiger charge is 2.30. The summed E-state index contributed by atoms with van der Waals surface area (Å²) in [5, 5.41) is 0. The maximum Gasteiger partial charge on any atom is 0.416 e. The lowest BCUT2D eigenvalue weighted by Gasteiger charge is -2.22. The Labute approximate surface area is 120 Å². The summed E-state index contributed by atoms with van der Waals surface area (Å²) in [6, 6.07) is 3.74. The van der Waals surface area contributed by atoms with Crippen LogP contribution in [0.1, 0.15) is 12.0 Å². The molecular weight excluding hydrogens is 321 g/mol. The van der Waals surface area contributed by atoms with E-state index in [1.54, 1.807) is 0 Å². The third-order valence-electron chi connectivity index (χ3n) is 2.79. The molecule has 0 amide bonds. The van der Waals surface area contributed by atoms with Crippen molar-refractivity contribution in [3.63, 3.8) is 0 Å². The quantitative estimate of drug-likeness (QED) is 0.804. The van der Waals surface area contributed by atoms with E-state index >= 15 is 0 Å². The Morgan fingerprint density at radius 2 is 1.74 bits per heavy atom. The number of nitrogens with zero attached hydrogens (tertiary/aromatic N) is 2. The van der Waals surface area contributed by atoms with Crippen molar-refractivity contribution < 1.29 is 13.2 Å². The van der Waals surface area contributed by atoms with Crippen LogP contribution in [0.25, 0.3) is 0 Å². The molecule has 0 aromatic heterocycles. The number of hydrogen-bond acceptors (Lipinski definition) is 2. The highest BCUT2D eigenvalue weighted by Crippen LogP contribution is 2.34. The molecule has 0 heterocycles. The molecule has 0 N–H and O–H groups in total. The molecule has 6 heteroatoms. The third kappa shape index (κ3) is 5.03. The number of hydrogen-bond donors (Lipinski definition) is 0. The minimum absolute atomic E-state index is 0.467. The molecule has 0 atom stereocenters. The molecule has 1 aromatic carbocycles. The summed E-state index contributed by atoms with van der Waals surface area (Å²) in [6.07, 6.45) is -3.35. The van der Waals surface area contributed by atoms with Crippen LogP contribution in [-0.4, -0.2) is 39.1 Å². The van der Waals surface area contributed by atoms with Gasteiger partial charge in [-0.05, 0) is 61.2 Å². The molecule has 1 aromatic rings. The lowest BCUT2D eigenvalue weighted by molar-refractivity contribution is -0.137. The van der Waals surface area contributed by atoms with Crippen molar-refractivity contribution >= 4 is 21.6 Å². The molecule has 0 aliphatic carbocycles. The smallest absolute Gasteiger partial charge is 0.374 e. The Morgan fingerprint density at radius 1 is 1.11 bits per heavy atom. The minimum Gasteiger partial charge on any atom is -0.374 e. The van der Waals surface area contributed by atoms with Crippen molar-refractivity contribution in [2.24, 2.45) is 0 Å². The Balaban J connectivity index is 2.73. The van der Waals surface area contributed by atoms with Crippen LogP contribution in [-0.2, 0) is 6.18 Å². The molecule has 0 spiro atoms. The summed E-state index contributed by atoms with van der Waals surface area (Å²) in [7, 11) is 5.87. The number of alkyl halides is 3. The van der Waals surface area contributed by atoms with Crippen LogP contribution in [0.4, 0.5) is 18.9 Å². The molecule has 0 saturated carbocycles. The largest absolute Gasteiger partial charge is 0.416 e. The maximum absolute atomic E-state index is 12.6. The van der Waals surface area contributed by atoms with Gasteiger partial charge in [-0.1, -0.05) is 0 Å². The number of rotatable bonds is 5. The van der Waals surface area contributed by atoms with Gasteiger partial charge in [0.25, 0.3) is 0 Å². The summed E-state index contributed by atoms with van der Waals surface area (Å²) in [4.78, 5) is 4.03. The van der Waals surface area contributed by atoms with E-state index < -0.39 is 11.7 Å². The first-order chi connectivity index (χ1) is 8.71. The van der Waals surface area contributed by atoms with Gasteiger partial charge < -0.3 is 9.80 Å². The average molecular weight is 339 g/mol. The second-order valence-electron chi connectivity index (χ2n) is 4.74. The van der Waals surface area contributed by atoms with E-state index in [0.29, 0.717) is 4.47 Å². The summed E-state index contributed by atoms with van der Waals surface area (Å²) in [5.41, 5.74) is 0.136. The van der Waals surface area contributed by atoms with Crippen LogP contribution >= 0.6 is 15.9 Å². The summed E-state index contributed by atoms with van der Waals surface area (Å²) in [6.45, 7) is 1.74. The molecular formula is C13H18BrF3N2. The molecule has 0 radical (unpaired) electrons. The summed E-state index contributed by atoms with van der Waals surface area (Å²) in [5.74, 6) is 0. The fourth-order valence-corrected chi connectivity index (χ4v) is 2.42. The SMILES string of the molecule is CN(C)CCCN(C)c1ccc(C(F)(F)F)cc1Br. The standard InChI is InChI=1S/C13H18BrF3N2/c1-18(2)7-4-8-19(3)12-6-5-10(9-11(12)14)13(15,16)17/h5-6,9H,4,7-8H2,1-3H3. The first-order valence-corrected chi connectivity index (χ1v) is 6.73. The molecule has 0 fully saturated rings. The van der Waals surface area contributed by atoms with Crippen LogP contribution in [0.2, 0.25) is 0 Å². The van der Waals surface area contributed by atoms with E-state index in [9.17, 15) is 13.2 Å². The Kier molecular flexibility index (Phi) is 5.67. The zero-order chi connectivity index (χ0) is 14.6. The van der Waals surface area contributed by atoms with Gasteiger partial charge >= 0.3 is 6.18 Å². The van der Waals surface area contributed by atoms with Gasteiger partial charge in [0.2, 0.25) is 0 Å². The second kappa shape index (κ2) is 6.61. The van der Waals surface area contributed by atoms with Crippen LogP contribution < -0.4 is 4.90 Å². The van der Waals surface area contributed by atoms with Gasteiger partial charge in [-0.25, -0.2) is 0 Å². The molecule has 108 valence electrons. The zero-order valence-electron chi connectivity index (χ0n) is 11.3. The highest BCUT2D eigenvalue weighted by molar-refractivity contribution is 9.10. The van der Waals surface area contributed by atoms with Crippen molar-refractivity contribution in [3.8, 4) is 0 Å². The van der Waals surface area contributed by atoms with Gasteiger partial charge in [0.15, 0.2) is 0 Å². The van der Waals surface area contributed by atoms with Gasteiger partial charge in [-0.2, -0.15) is 13.2 Å². The monoisotopic (exact) mass is 338 g/mol. The van der Waals surface area contributed by atoms with Crippen LogP contribution in [0.15, 0.2) is 22.7 Å². The number of halogens is 4. The molecule has 0 aliphatic heterocycles. The molecule has 0 aliphatic rings. The van der Waals surface area contributed by atoms with E-state index in [-0.39, 0.29) is 0 Å². The van der Waals surface area contributed by atoms with E-state index in [1.165, 1.54) is 6.07 Å². The van der Waals surface area contributed by atoms with Crippen molar-refractivity contribution in [1.82, 2.24) is 4.90 Å². The normalized spacial score (nSPS) is 12.0. The van der Waals surface area contributed by atoms with Gasteiger partial charge in [-0.3, -0.25) is 0 Å². The number of benzene rings is 1. The predicted octanol–water partition coefficient (Wildman–Crippen LogP) is 3.86. The lowest BCUT2D eigenvalue weighted by Crippen LogP contribution is -2.23. The van der Waals surface area contributed by atoms with Crippen molar-refractivity contribution in [3.05, 3.63) is 28.2 Å². The van der Waals surface area contributed by atoms with Crippen molar-refractivity contribution in [2.45, 2.75) is 12.6 Å². The first kappa shape index (κ1) is 16.3. The Morgan fingerprint density at radius 3 is 2.21 bits per heavy atom. The number of anilines is 1. The summed E-state index contributed by atoms with van der Waals surface area (Å²) >= 11 is 3.21. The topological polar surface area (TPSA) is 6.48 Å².